The third kappa shape index (κ3) is 5.18. The molecule has 13 rings (SSSR count). The van der Waals surface area contributed by atoms with Gasteiger partial charge < -0.3 is 0 Å². The average molecular weight is 791 g/mol. The number of benzene rings is 11. The summed E-state index contributed by atoms with van der Waals surface area (Å²) in [5, 5.41) is 15.5. The van der Waals surface area contributed by atoms with Crippen LogP contribution in [0.4, 0.5) is 0 Å². The van der Waals surface area contributed by atoms with Gasteiger partial charge in [0.05, 0.1) is 0 Å². The molecule has 0 amide bonds. The van der Waals surface area contributed by atoms with Gasteiger partial charge in [0, 0.05) is 25.7 Å². The minimum absolute atomic E-state index is 1.02. The van der Waals surface area contributed by atoms with E-state index in [1.807, 2.05) is 11.3 Å². The number of rotatable bonds is 4. The lowest BCUT2D eigenvalue weighted by atomic mass is 9.79. The smallest absolute Gasteiger partial charge is 0.0434 e. The van der Waals surface area contributed by atoms with E-state index in [4.69, 9.17) is 0 Å². The second-order valence-electron chi connectivity index (χ2n) is 16.5. The number of hydrogen-bond acceptors (Lipinski definition) is 1. The fourth-order valence-corrected chi connectivity index (χ4v) is 12.0. The highest BCUT2D eigenvalue weighted by Crippen LogP contribution is 2.51. The van der Waals surface area contributed by atoms with Crippen LogP contribution in [0.2, 0.25) is 0 Å². The second-order valence-corrected chi connectivity index (χ2v) is 17.6. The van der Waals surface area contributed by atoms with Crippen molar-refractivity contribution in [1.82, 2.24) is 0 Å². The van der Waals surface area contributed by atoms with Crippen LogP contribution in [0.1, 0.15) is 17.5 Å². The maximum absolute atomic E-state index is 2.47. The standard InChI is InChI=1S/C60H38S/c1-3-20-40-37(16-1)18-13-30-42(40)57-46-24-7-5-22-44(46)56(45-23-6-8-25-47(45)57)39-34-35-55-54(36-39)52-32-15-33-53(60(52)61-55)59-50-28-11-9-26-48(50)58(49-27-10-12-29-51(49)59)43-31-14-19-38-17-2-4-21-41(38)43/h1-9,11-26,28-36H,10,27H2. The van der Waals surface area contributed by atoms with Crippen LogP contribution < -0.4 is 0 Å². The van der Waals surface area contributed by atoms with Crippen molar-refractivity contribution in [2.45, 2.75) is 12.8 Å². The number of allylic oxidation sites excluding steroid dienone is 1. The molecule has 284 valence electrons. The lowest BCUT2D eigenvalue weighted by molar-refractivity contribution is 0.992. The maximum Gasteiger partial charge on any atom is 0.0434 e. The maximum atomic E-state index is 2.47. The highest BCUT2D eigenvalue weighted by Gasteiger charge is 2.25. The summed E-state index contributed by atoms with van der Waals surface area (Å²) in [6, 6.07) is 72.5. The highest BCUT2D eigenvalue weighted by molar-refractivity contribution is 7.26. The van der Waals surface area contributed by atoms with Gasteiger partial charge in [0.1, 0.15) is 0 Å². The summed E-state index contributed by atoms with van der Waals surface area (Å²) in [4.78, 5) is 0. The quantitative estimate of drug-likeness (QED) is 0.156. The van der Waals surface area contributed by atoms with E-state index >= 15 is 0 Å². The lowest BCUT2D eigenvalue weighted by Crippen LogP contribution is -2.02. The predicted molar refractivity (Wildman–Crippen MR) is 266 cm³/mol. The minimum atomic E-state index is 1.02. The van der Waals surface area contributed by atoms with Crippen molar-refractivity contribution in [2.75, 3.05) is 0 Å². The van der Waals surface area contributed by atoms with Crippen molar-refractivity contribution < 1.29 is 0 Å². The van der Waals surface area contributed by atoms with Crippen LogP contribution in [0, 0.1) is 0 Å². The first-order chi connectivity index (χ1) is 30.3. The molecular formula is C60H38S. The molecule has 0 atom stereocenters. The first kappa shape index (κ1) is 34.5. The molecule has 0 fully saturated rings. The van der Waals surface area contributed by atoms with Gasteiger partial charge in [-0.2, -0.15) is 0 Å². The molecule has 0 saturated heterocycles. The Labute approximate surface area is 358 Å². The largest absolute Gasteiger partial charge is 0.135 e. The first-order valence-corrected chi connectivity index (χ1v) is 22.2. The molecule has 0 N–H and O–H groups in total. The van der Waals surface area contributed by atoms with Crippen LogP contribution in [-0.2, 0) is 6.42 Å². The zero-order chi connectivity index (χ0) is 40.0. The van der Waals surface area contributed by atoms with Crippen LogP contribution in [0.3, 0.4) is 0 Å². The molecule has 61 heavy (non-hydrogen) atoms. The summed E-state index contributed by atoms with van der Waals surface area (Å²) in [6.07, 6.45) is 6.86. The summed E-state index contributed by atoms with van der Waals surface area (Å²) >= 11 is 1.93. The zero-order valence-electron chi connectivity index (χ0n) is 33.5. The molecule has 0 bridgehead atoms. The minimum Gasteiger partial charge on any atom is -0.135 e. The Balaban J connectivity index is 1.05. The Morgan fingerprint density at radius 3 is 1.46 bits per heavy atom. The number of fused-ring (bicyclic) bond motifs is 9. The van der Waals surface area contributed by atoms with Crippen LogP contribution in [0.25, 0.3) is 125 Å². The van der Waals surface area contributed by atoms with Gasteiger partial charge in [0.2, 0.25) is 0 Å². The molecule has 0 saturated carbocycles. The topological polar surface area (TPSA) is 0 Å². The normalized spacial score (nSPS) is 12.7. The molecule has 1 aromatic heterocycles. The lowest BCUT2D eigenvalue weighted by Gasteiger charge is -2.24. The molecule has 0 unspecified atom stereocenters. The van der Waals surface area contributed by atoms with Crippen molar-refractivity contribution in [1.29, 1.82) is 0 Å². The van der Waals surface area contributed by atoms with Gasteiger partial charge in [-0.15, -0.1) is 11.3 Å². The van der Waals surface area contributed by atoms with Crippen LogP contribution >= 0.6 is 11.3 Å². The van der Waals surface area contributed by atoms with Gasteiger partial charge in [-0.25, -0.2) is 0 Å². The van der Waals surface area contributed by atoms with E-state index in [-0.39, 0.29) is 0 Å². The van der Waals surface area contributed by atoms with Gasteiger partial charge in [-0.05, 0) is 129 Å². The SMILES string of the molecule is C1=Cc2c(c(-c3cccc4ccccc34)c3ccccc3c2-c2cccc3c2sc2ccc(-c4c5ccccc5c(-c5cccc6ccccc56)c5ccccc45)cc23)CC1. The Bertz CT molecular complexity index is 3750. The Morgan fingerprint density at radius 1 is 0.344 bits per heavy atom. The molecule has 0 radical (unpaired) electrons. The molecule has 1 heteroatoms. The van der Waals surface area contributed by atoms with E-state index in [2.05, 4.69) is 206 Å². The van der Waals surface area contributed by atoms with Crippen LogP contribution in [-0.4, -0.2) is 0 Å². The predicted octanol–water partition coefficient (Wildman–Crippen LogP) is 17.4. The average Bonchev–Trinajstić information content (AvgIpc) is 3.71. The summed E-state index contributed by atoms with van der Waals surface area (Å²) in [5.41, 5.74) is 13.3. The molecule has 11 aromatic carbocycles. The molecule has 1 aliphatic carbocycles. The third-order valence-corrected chi connectivity index (χ3v) is 14.5. The van der Waals surface area contributed by atoms with Gasteiger partial charge >= 0.3 is 0 Å². The molecule has 1 aliphatic rings. The Kier molecular flexibility index (Phi) is 7.70. The second kappa shape index (κ2) is 13.6. The summed E-state index contributed by atoms with van der Waals surface area (Å²) in [7, 11) is 0. The molecule has 0 spiro atoms. The first-order valence-electron chi connectivity index (χ1n) is 21.4. The molecule has 12 aromatic rings. The van der Waals surface area contributed by atoms with Crippen molar-refractivity contribution in [3.63, 3.8) is 0 Å². The zero-order valence-corrected chi connectivity index (χ0v) is 34.3. The van der Waals surface area contributed by atoms with Crippen molar-refractivity contribution in [2.24, 2.45) is 0 Å². The highest BCUT2D eigenvalue weighted by atomic mass is 32.1. The van der Waals surface area contributed by atoms with Gasteiger partial charge in [-0.3, -0.25) is 0 Å². The van der Waals surface area contributed by atoms with Crippen LogP contribution in [0.5, 0.6) is 0 Å². The molecule has 1 heterocycles. The fourth-order valence-electron chi connectivity index (χ4n) is 10.7. The van der Waals surface area contributed by atoms with Crippen molar-refractivity contribution >= 4 is 91.4 Å². The molecule has 0 nitrogen and oxygen atoms in total. The summed E-state index contributed by atoms with van der Waals surface area (Å²) in [5.74, 6) is 0. The van der Waals surface area contributed by atoms with Gasteiger partial charge in [0.25, 0.3) is 0 Å². The Hall–Kier alpha value is -7.32. The number of hydrogen-bond donors (Lipinski definition) is 0. The molecular weight excluding hydrogens is 753 g/mol. The van der Waals surface area contributed by atoms with Gasteiger partial charge in [0.15, 0.2) is 0 Å². The fraction of sp³-hybridized carbons (Fsp3) is 0.0333. The van der Waals surface area contributed by atoms with E-state index in [0.717, 1.165) is 12.8 Å². The monoisotopic (exact) mass is 790 g/mol. The summed E-state index contributed by atoms with van der Waals surface area (Å²) in [6.45, 7) is 0. The van der Waals surface area contributed by atoms with Gasteiger partial charge in [-0.1, -0.05) is 194 Å². The molecule has 0 aliphatic heterocycles. The number of thiophene rings is 1. The van der Waals surface area contributed by atoms with Crippen molar-refractivity contribution in [3.05, 3.63) is 211 Å². The van der Waals surface area contributed by atoms with Crippen LogP contribution in [0.15, 0.2) is 200 Å². The van der Waals surface area contributed by atoms with E-state index in [9.17, 15) is 0 Å². The van der Waals surface area contributed by atoms with E-state index in [1.165, 1.54) is 130 Å². The summed E-state index contributed by atoms with van der Waals surface area (Å²) < 4.78 is 2.66. The van der Waals surface area contributed by atoms with E-state index < -0.39 is 0 Å². The van der Waals surface area contributed by atoms with Crippen molar-refractivity contribution in [3.8, 4) is 44.5 Å². The Morgan fingerprint density at radius 2 is 0.820 bits per heavy atom. The third-order valence-electron chi connectivity index (χ3n) is 13.3. The van der Waals surface area contributed by atoms with E-state index in [0.29, 0.717) is 0 Å². The van der Waals surface area contributed by atoms with E-state index in [1.54, 1.807) is 0 Å².